The molecular weight excluding hydrogens is 272 g/mol. The van der Waals surface area contributed by atoms with Crippen LogP contribution in [-0.2, 0) is 11.2 Å². The number of amides is 1. The lowest BCUT2D eigenvalue weighted by Gasteiger charge is -2.02. The Kier molecular flexibility index (Phi) is 4.01. The fraction of sp³-hybridized carbons (Fsp3) is 0.429. The minimum atomic E-state index is -0.0767. The molecule has 1 fully saturated rings. The molecule has 0 saturated heterocycles. The summed E-state index contributed by atoms with van der Waals surface area (Å²) >= 11 is 1.50. The van der Waals surface area contributed by atoms with Crippen LogP contribution in [0.2, 0.25) is 0 Å². The second-order valence-electron chi connectivity index (χ2n) is 5.01. The maximum absolute atomic E-state index is 11.9. The van der Waals surface area contributed by atoms with Crippen LogP contribution in [0.4, 0.5) is 5.13 Å². The summed E-state index contributed by atoms with van der Waals surface area (Å²) in [6.45, 7) is 0. The summed E-state index contributed by atoms with van der Waals surface area (Å²) in [7, 11) is 0. The molecule has 104 valence electrons. The molecule has 1 N–H and O–H groups in total. The molecule has 0 aliphatic heterocycles. The monoisotopic (exact) mass is 288 g/mol. The van der Waals surface area contributed by atoms with Gasteiger partial charge in [0.25, 0.3) is 0 Å². The molecule has 1 amide bonds. The quantitative estimate of drug-likeness (QED) is 0.939. The lowest BCUT2D eigenvalue weighted by molar-refractivity contribution is -0.115. The smallest absolute Gasteiger partial charge is 0.230 e. The van der Waals surface area contributed by atoms with Crippen LogP contribution in [0.25, 0.3) is 0 Å². The highest BCUT2D eigenvalue weighted by atomic mass is 32.1. The predicted molar refractivity (Wildman–Crippen MR) is 77.7 cm³/mol. The van der Waals surface area contributed by atoms with Crippen molar-refractivity contribution in [2.24, 2.45) is 0 Å². The number of pyridine rings is 1. The van der Waals surface area contributed by atoms with Crippen LogP contribution in [0.15, 0.2) is 24.5 Å². The van der Waals surface area contributed by atoms with E-state index in [2.05, 4.69) is 20.5 Å². The first-order valence-electron chi connectivity index (χ1n) is 6.83. The Bertz CT molecular complexity index is 578. The number of carbonyl (C=O) groups is 1. The van der Waals surface area contributed by atoms with Crippen LogP contribution < -0.4 is 5.32 Å². The van der Waals surface area contributed by atoms with Crippen molar-refractivity contribution in [2.45, 2.75) is 38.0 Å². The van der Waals surface area contributed by atoms with Gasteiger partial charge >= 0.3 is 0 Å². The van der Waals surface area contributed by atoms with Gasteiger partial charge in [0.1, 0.15) is 5.01 Å². The first kappa shape index (κ1) is 13.2. The number of hydrogen-bond acceptors (Lipinski definition) is 5. The number of nitrogens with one attached hydrogen (secondary N) is 1. The molecule has 0 spiro atoms. The maximum atomic E-state index is 11.9. The van der Waals surface area contributed by atoms with E-state index in [1.807, 2.05) is 12.1 Å². The molecule has 5 nitrogen and oxygen atoms in total. The average molecular weight is 288 g/mol. The van der Waals surface area contributed by atoms with Gasteiger partial charge in [0, 0.05) is 18.3 Å². The zero-order chi connectivity index (χ0) is 13.8. The van der Waals surface area contributed by atoms with E-state index in [1.165, 1.54) is 37.0 Å². The third kappa shape index (κ3) is 3.19. The Labute approximate surface area is 121 Å². The molecule has 20 heavy (non-hydrogen) atoms. The van der Waals surface area contributed by atoms with Crippen LogP contribution in [0.3, 0.4) is 0 Å². The highest BCUT2D eigenvalue weighted by molar-refractivity contribution is 7.15. The van der Waals surface area contributed by atoms with Crippen molar-refractivity contribution < 1.29 is 4.79 Å². The van der Waals surface area contributed by atoms with E-state index in [9.17, 15) is 4.79 Å². The molecule has 0 unspecified atom stereocenters. The fourth-order valence-corrected chi connectivity index (χ4v) is 3.40. The lowest BCUT2D eigenvalue weighted by Crippen LogP contribution is -2.14. The summed E-state index contributed by atoms with van der Waals surface area (Å²) < 4.78 is 0. The summed E-state index contributed by atoms with van der Waals surface area (Å²) in [5.41, 5.74) is 0.894. The second-order valence-corrected chi connectivity index (χ2v) is 6.02. The number of carbonyl (C=O) groups excluding carboxylic acids is 1. The highest BCUT2D eigenvalue weighted by Gasteiger charge is 2.21. The summed E-state index contributed by atoms with van der Waals surface area (Å²) in [4.78, 5) is 15.9. The van der Waals surface area contributed by atoms with Crippen molar-refractivity contribution in [1.82, 2.24) is 15.2 Å². The van der Waals surface area contributed by atoms with E-state index >= 15 is 0 Å². The molecule has 2 aromatic rings. The molecule has 3 rings (SSSR count). The van der Waals surface area contributed by atoms with Gasteiger partial charge in [0.15, 0.2) is 0 Å². The van der Waals surface area contributed by atoms with Gasteiger partial charge < -0.3 is 5.32 Å². The molecule has 2 heterocycles. The molecule has 1 aliphatic carbocycles. The minimum Gasteiger partial charge on any atom is -0.300 e. The van der Waals surface area contributed by atoms with Gasteiger partial charge in [-0.05, 0) is 24.5 Å². The van der Waals surface area contributed by atoms with Crippen molar-refractivity contribution in [1.29, 1.82) is 0 Å². The topological polar surface area (TPSA) is 67.8 Å². The first-order valence-corrected chi connectivity index (χ1v) is 7.65. The lowest BCUT2D eigenvalue weighted by atomic mass is 10.1. The third-order valence-corrected chi connectivity index (χ3v) is 4.48. The number of aromatic nitrogens is 3. The van der Waals surface area contributed by atoms with E-state index in [1.54, 1.807) is 12.4 Å². The zero-order valence-electron chi connectivity index (χ0n) is 11.1. The predicted octanol–water partition coefficient (Wildman–Crippen LogP) is 2.77. The number of anilines is 1. The highest BCUT2D eigenvalue weighted by Crippen LogP contribution is 2.36. The minimum absolute atomic E-state index is 0.0767. The SMILES string of the molecule is O=C(Cc1cccnc1)Nc1nnc(C2CCCC2)s1. The second kappa shape index (κ2) is 6.09. The van der Waals surface area contributed by atoms with Crippen molar-refractivity contribution in [3.05, 3.63) is 35.1 Å². The number of hydrogen-bond donors (Lipinski definition) is 1. The van der Waals surface area contributed by atoms with Gasteiger partial charge in [-0.3, -0.25) is 9.78 Å². The fourth-order valence-electron chi connectivity index (χ4n) is 2.47. The maximum Gasteiger partial charge on any atom is 0.230 e. The first-order chi connectivity index (χ1) is 9.81. The Balaban J connectivity index is 1.59. The van der Waals surface area contributed by atoms with Crippen LogP contribution in [0.1, 0.15) is 42.2 Å². The average Bonchev–Trinajstić information content (AvgIpc) is 3.10. The molecule has 0 aromatic carbocycles. The number of rotatable bonds is 4. The Hall–Kier alpha value is -1.82. The Morgan fingerprint density at radius 2 is 2.20 bits per heavy atom. The van der Waals surface area contributed by atoms with Gasteiger partial charge in [0.05, 0.1) is 6.42 Å². The molecule has 6 heteroatoms. The van der Waals surface area contributed by atoms with Crippen LogP contribution >= 0.6 is 11.3 Å². The molecule has 2 aromatic heterocycles. The van der Waals surface area contributed by atoms with Gasteiger partial charge in [-0.1, -0.05) is 30.2 Å². The van der Waals surface area contributed by atoms with E-state index in [4.69, 9.17) is 0 Å². The zero-order valence-corrected chi connectivity index (χ0v) is 11.9. The normalized spacial score (nSPS) is 15.4. The summed E-state index contributed by atoms with van der Waals surface area (Å²) in [5, 5.41) is 12.7. The van der Waals surface area contributed by atoms with E-state index in [-0.39, 0.29) is 5.91 Å². The third-order valence-electron chi connectivity index (χ3n) is 3.48. The van der Waals surface area contributed by atoms with Gasteiger partial charge in [-0.15, -0.1) is 10.2 Å². The van der Waals surface area contributed by atoms with Gasteiger partial charge in [-0.25, -0.2) is 0 Å². The summed E-state index contributed by atoms with van der Waals surface area (Å²) in [5.74, 6) is 0.462. The van der Waals surface area contributed by atoms with Crippen LogP contribution in [0.5, 0.6) is 0 Å². The molecular formula is C14H16N4OS. The molecule has 1 saturated carbocycles. The van der Waals surface area contributed by atoms with Crippen molar-refractivity contribution >= 4 is 22.4 Å². The van der Waals surface area contributed by atoms with Crippen molar-refractivity contribution in [2.75, 3.05) is 5.32 Å². The van der Waals surface area contributed by atoms with Gasteiger partial charge in [0.2, 0.25) is 11.0 Å². The standard InChI is InChI=1S/C14H16N4OS/c19-12(8-10-4-3-7-15-9-10)16-14-18-17-13(20-14)11-5-1-2-6-11/h3-4,7,9,11H,1-2,5-6,8H2,(H,16,18,19). The molecule has 0 radical (unpaired) electrons. The van der Waals surface area contributed by atoms with E-state index in [0.29, 0.717) is 17.5 Å². The summed E-state index contributed by atoms with van der Waals surface area (Å²) in [6, 6.07) is 3.71. The summed E-state index contributed by atoms with van der Waals surface area (Å²) in [6.07, 6.45) is 8.63. The van der Waals surface area contributed by atoms with Crippen LogP contribution in [0, 0.1) is 0 Å². The van der Waals surface area contributed by atoms with E-state index in [0.717, 1.165) is 10.6 Å². The van der Waals surface area contributed by atoms with Crippen molar-refractivity contribution in [3.63, 3.8) is 0 Å². The van der Waals surface area contributed by atoms with Crippen molar-refractivity contribution in [3.8, 4) is 0 Å². The number of nitrogens with zero attached hydrogens (tertiary/aromatic N) is 3. The Morgan fingerprint density at radius 1 is 1.35 bits per heavy atom. The largest absolute Gasteiger partial charge is 0.300 e. The van der Waals surface area contributed by atoms with Crippen LogP contribution in [-0.4, -0.2) is 21.1 Å². The van der Waals surface area contributed by atoms with Gasteiger partial charge in [-0.2, -0.15) is 0 Å². The molecule has 1 aliphatic rings. The van der Waals surface area contributed by atoms with E-state index < -0.39 is 0 Å². The Morgan fingerprint density at radius 3 is 2.95 bits per heavy atom. The molecule has 0 bridgehead atoms. The molecule has 0 atom stereocenters.